The van der Waals surface area contributed by atoms with E-state index in [1.165, 1.54) is 26.2 Å². The molecule has 0 saturated heterocycles. The molecular weight excluding hydrogens is 387 g/mol. The average molecular weight is 405 g/mol. The van der Waals surface area contributed by atoms with Gasteiger partial charge < -0.3 is 15.4 Å². The Hall–Kier alpha value is -3.20. The van der Waals surface area contributed by atoms with Gasteiger partial charge in [0.25, 0.3) is 5.56 Å². The minimum atomic E-state index is -4.62. The first-order valence-corrected chi connectivity index (χ1v) is 8.65. The monoisotopic (exact) mass is 405 g/mol. The van der Waals surface area contributed by atoms with Gasteiger partial charge in [0.05, 0.1) is 16.6 Å². The Morgan fingerprint density at radius 2 is 2.00 bits per heavy atom. The van der Waals surface area contributed by atoms with Crippen molar-refractivity contribution in [2.45, 2.75) is 25.6 Å². The van der Waals surface area contributed by atoms with E-state index in [0.717, 1.165) is 10.8 Å². The number of carboxylic acid groups (broad SMARTS) is 1. The number of hydrogen-bond donors (Lipinski definition) is 2. The highest BCUT2D eigenvalue weighted by Gasteiger charge is 2.35. The van der Waals surface area contributed by atoms with Crippen LogP contribution in [0.4, 0.5) is 13.2 Å². The number of pyridine rings is 2. The number of aromatic nitrogens is 2. The van der Waals surface area contributed by atoms with Crippen LogP contribution in [0.3, 0.4) is 0 Å². The fraction of sp³-hybridized carbons (Fsp3) is 0.250. The predicted octanol–water partition coefficient (Wildman–Crippen LogP) is 2.88. The van der Waals surface area contributed by atoms with E-state index in [2.05, 4.69) is 4.98 Å². The number of alkyl halides is 3. The second-order valence-corrected chi connectivity index (χ2v) is 6.78. The van der Waals surface area contributed by atoms with Crippen LogP contribution in [0.25, 0.3) is 22.0 Å². The minimum Gasteiger partial charge on any atom is -0.480 e. The van der Waals surface area contributed by atoms with Gasteiger partial charge in [-0.2, -0.15) is 13.2 Å². The summed E-state index contributed by atoms with van der Waals surface area (Å²) >= 11 is 0. The Balaban J connectivity index is 2.32. The molecule has 0 saturated carbocycles. The van der Waals surface area contributed by atoms with E-state index >= 15 is 0 Å². The van der Waals surface area contributed by atoms with E-state index in [1.54, 1.807) is 18.2 Å². The van der Waals surface area contributed by atoms with Gasteiger partial charge in [0.2, 0.25) is 0 Å². The van der Waals surface area contributed by atoms with Gasteiger partial charge in [-0.05, 0) is 30.5 Å². The SMILES string of the molecule is Cc1c(C(F)(F)F)cn(C)c(=O)c1-c1ccc(CC(N)C(=O)O)c2cccnc12. The molecule has 3 N–H and O–H groups in total. The van der Waals surface area contributed by atoms with Gasteiger partial charge in [-0.15, -0.1) is 0 Å². The molecule has 2 aromatic heterocycles. The number of nitrogens with zero attached hydrogens (tertiary/aromatic N) is 2. The summed E-state index contributed by atoms with van der Waals surface area (Å²) in [6.45, 7) is 1.25. The number of hydrogen-bond acceptors (Lipinski definition) is 4. The minimum absolute atomic E-state index is 0.0113. The van der Waals surface area contributed by atoms with E-state index in [4.69, 9.17) is 10.8 Å². The lowest BCUT2D eigenvalue weighted by atomic mass is 9.93. The lowest BCUT2D eigenvalue weighted by Crippen LogP contribution is -2.32. The summed E-state index contributed by atoms with van der Waals surface area (Å²) in [6, 6.07) is 5.21. The van der Waals surface area contributed by atoms with Crippen molar-refractivity contribution in [3.8, 4) is 11.1 Å². The van der Waals surface area contributed by atoms with Crippen LogP contribution in [0.5, 0.6) is 0 Å². The van der Waals surface area contributed by atoms with E-state index in [0.29, 0.717) is 16.5 Å². The molecule has 0 aliphatic heterocycles. The lowest BCUT2D eigenvalue weighted by molar-refractivity contribution is -0.139. The molecule has 0 radical (unpaired) electrons. The molecule has 2 heterocycles. The lowest BCUT2D eigenvalue weighted by Gasteiger charge is -2.17. The fourth-order valence-corrected chi connectivity index (χ4v) is 3.36. The van der Waals surface area contributed by atoms with Crippen molar-refractivity contribution in [1.29, 1.82) is 0 Å². The summed E-state index contributed by atoms with van der Waals surface area (Å²) in [7, 11) is 1.26. The molecule has 0 fully saturated rings. The number of aryl methyl sites for hydroxylation is 1. The second kappa shape index (κ2) is 7.32. The van der Waals surface area contributed by atoms with Crippen molar-refractivity contribution in [3.63, 3.8) is 0 Å². The number of benzene rings is 1. The molecule has 6 nitrogen and oxygen atoms in total. The van der Waals surface area contributed by atoms with Crippen molar-refractivity contribution >= 4 is 16.9 Å². The molecule has 152 valence electrons. The summed E-state index contributed by atoms with van der Waals surface area (Å²) in [5, 5.41) is 9.60. The molecule has 1 aromatic carbocycles. The molecule has 9 heteroatoms. The molecule has 0 aliphatic carbocycles. The quantitative estimate of drug-likeness (QED) is 0.696. The molecule has 1 atom stereocenters. The highest BCUT2D eigenvalue weighted by Crippen LogP contribution is 2.36. The Kier molecular flexibility index (Phi) is 5.18. The Bertz CT molecular complexity index is 1170. The summed E-state index contributed by atoms with van der Waals surface area (Å²) in [6.07, 6.45) is -2.38. The summed E-state index contributed by atoms with van der Waals surface area (Å²) in [5.74, 6) is -1.17. The summed E-state index contributed by atoms with van der Waals surface area (Å²) < 4.78 is 41.3. The highest BCUT2D eigenvalue weighted by molar-refractivity contribution is 5.96. The number of carboxylic acids is 1. The van der Waals surface area contributed by atoms with Crippen LogP contribution < -0.4 is 11.3 Å². The van der Waals surface area contributed by atoms with E-state index in [-0.39, 0.29) is 23.1 Å². The summed E-state index contributed by atoms with van der Waals surface area (Å²) in [4.78, 5) is 28.1. The van der Waals surface area contributed by atoms with Gasteiger partial charge in [-0.25, -0.2) is 0 Å². The number of fused-ring (bicyclic) bond motifs is 1. The first-order chi connectivity index (χ1) is 13.5. The molecule has 3 rings (SSSR count). The maximum atomic E-state index is 13.5. The first-order valence-electron chi connectivity index (χ1n) is 8.65. The maximum Gasteiger partial charge on any atom is 0.418 e. The zero-order valence-electron chi connectivity index (χ0n) is 15.6. The number of aliphatic carboxylic acids is 1. The highest BCUT2D eigenvalue weighted by atomic mass is 19.4. The number of halogens is 3. The van der Waals surface area contributed by atoms with Gasteiger partial charge in [-0.1, -0.05) is 18.2 Å². The maximum absolute atomic E-state index is 13.5. The Morgan fingerprint density at radius 3 is 2.62 bits per heavy atom. The zero-order chi connectivity index (χ0) is 21.5. The van der Waals surface area contributed by atoms with Gasteiger partial charge in [-0.3, -0.25) is 14.6 Å². The molecule has 3 aromatic rings. The Morgan fingerprint density at radius 1 is 1.31 bits per heavy atom. The first kappa shape index (κ1) is 20.5. The third-order valence-electron chi connectivity index (χ3n) is 4.83. The molecule has 0 amide bonds. The van der Waals surface area contributed by atoms with Crippen molar-refractivity contribution in [1.82, 2.24) is 9.55 Å². The van der Waals surface area contributed by atoms with Crippen molar-refractivity contribution in [2.24, 2.45) is 12.8 Å². The van der Waals surface area contributed by atoms with Crippen LogP contribution in [0.2, 0.25) is 0 Å². The van der Waals surface area contributed by atoms with Crippen LogP contribution in [-0.4, -0.2) is 26.7 Å². The smallest absolute Gasteiger partial charge is 0.418 e. The largest absolute Gasteiger partial charge is 0.480 e. The van der Waals surface area contributed by atoms with Gasteiger partial charge in [0.15, 0.2) is 0 Å². The third-order valence-corrected chi connectivity index (χ3v) is 4.83. The van der Waals surface area contributed by atoms with Crippen LogP contribution in [0.15, 0.2) is 41.5 Å². The molecule has 0 spiro atoms. The standard InChI is InChI=1S/C20H18F3N3O3/c1-10-14(20(21,22)23)9-26(2)18(27)16(10)13-6-5-11(8-15(24)19(28)29)12-4-3-7-25-17(12)13/h3-7,9,15H,8,24H2,1-2H3,(H,28,29). The van der Waals surface area contributed by atoms with E-state index in [9.17, 15) is 22.8 Å². The average Bonchev–Trinajstić information content (AvgIpc) is 2.65. The fourth-order valence-electron chi connectivity index (χ4n) is 3.36. The van der Waals surface area contributed by atoms with Gasteiger partial charge in [0.1, 0.15) is 6.04 Å². The molecule has 0 bridgehead atoms. The van der Waals surface area contributed by atoms with Crippen LogP contribution in [0.1, 0.15) is 16.7 Å². The second-order valence-electron chi connectivity index (χ2n) is 6.78. The Labute approximate surface area is 163 Å². The molecule has 29 heavy (non-hydrogen) atoms. The van der Waals surface area contributed by atoms with Crippen LogP contribution in [0, 0.1) is 6.92 Å². The topological polar surface area (TPSA) is 98.2 Å². The van der Waals surface area contributed by atoms with Gasteiger partial charge >= 0.3 is 12.1 Å². The number of nitrogens with two attached hydrogens (primary N) is 1. The molecule has 1 unspecified atom stereocenters. The predicted molar refractivity (Wildman–Crippen MR) is 101 cm³/mol. The summed E-state index contributed by atoms with van der Waals surface area (Å²) in [5.41, 5.74) is 4.98. The molecular formula is C20H18F3N3O3. The van der Waals surface area contributed by atoms with Crippen molar-refractivity contribution in [3.05, 3.63) is 63.7 Å². The normalized spacial score (nSPS) is 12.9. The molecule has 0 aliphatic rings. The van der Waals surface area contributed by atoms with Crippen molar-refractivity contribution < 1.29 is 23.1 Å². The third kappa shape index (κ3) is 3.73. The van der Waals surface area contributed by atoms with Crippen LogP contribution in [-0.2, 0) is 24.4 Å². The van der Waals surface area contributed by atoms with Crippen LogP contribution >= 0.6 is 0 Å². The van der Waals surface area contributed by atoms with Crippen molar-refractivity contribution in [2.75, 3.05) is 0 Å². The van der Waals surface area contributed by atoms with E-state index < -0.39 is 29.3 Å². The number of rotatable bonds is 4. The number of carbonyl (C=O) groups is 1. The van der Waals surface area contributed by atoms with Gasteiger partial charge in [0, 0.05) is 30.4 Å². The van der Waals surface area contributed by atoms with E-state index in [1.807, 2.05) is 0 Å². The zero-order valence-corrected chi connectivity index (χ0v) is 15.6.